The number of thiazole rings is 1. The van der Waals surface area contributed by atoms with Crippen LogP contribution in [0.4, 0.5) is 4.79 Å². The van der Waals surface area contributed by atoms with Crippen LogP contribution in [0.3, 0.4) is 0 Å². The van der Waals surface area contributed by atoms with E-state index in [1.165, 1.54) is 21.1 Å². The maximum absolute atomic E-state index is 13.4. The second-order valence-corrected chi connectivity index (χ2v) is 13.7. The van der Waals surface area contributed by atoms with Crippen molar-refractivity contribution in [1.29, 1.82) is 0 Å². The summed E-state index contributed by atoms with van der Waals surface area (Å²) in [6.07, 6.45) is -0.321. The van der Waals surface area contributed by atoms with Crippen molar-refractivity contribution in [1.82, 2.24) is 20.1 Å². The third kappa shape index (κ3) is 10.3. The Balaban J connectivity index is 1.61. The van der Waals surface area contributed by atoms with E-state index in [1.807, 2.05) is 13.8 Å². The molecule has 0 spiro atoms. The number of carbonyl (C=O) groups is 5. The Morgan fingerprint density at radius 2 is 1.56 bits per heavy atom. The van der Waals surface area contributed by atoms with Crippen LogP contribution in [0.25, 0.3) is 10.2 Å². The van der Waals surface area contributed by atoms with E-state index in [9.17, 15) is 24.0 Å². The van der Waals surface area contributed by atoms with Gasteiger partial charge in [0, 0.05) is 79.8 Å². The molecule has 1 aromatic carbocycles. The number of ketones is 2. The number of amides is 3. The van der Waals surface area contributed by atoms with E-state index >= 15 is 0 Å². The van der Waals surface area contributed by atoms with Crippen LogP contribution >= 0.6 is 11.3 Å². The van der Waals surface area contributed by atoms with Crippen LogP contribution in [0.5, 0.6) is 5.75 Å². The minimum atomic E-state index is -0.883. The highest BCUT2D eigenvalue weighted by Crippen LogP contribution is 2.39. The Labute approximate surface area is 286 Å². The van der Waals surface area contributed by atoms with Gasteiger partial charge in [0.25, 0.3) is 0 Å². The maximum Gasteiger partial charge on any atom is 0.415 e. The van der Waals surface area contributed by atoms with Gasteiger partial charge in [0.1, 0.15) is 5.75 Å². The second-order valence-electron chi connectivity index (χ2n) is 12.4. The molecule has 1 aromatic heterocycles. The summed E-state index contributed by atoms with van der Waals surface area (Å²) in [6, 6.07) is 5.26. The smallest absolute Gasteiger partial charge is 0.410 e. The first kappa shape index (κ1) is 38.5. The summed E-state index contributed by atoms with van der Waals surface area (Å²) >= 11 is 1.50. The molecule has 3 amide bonds. The number of likely N-dealkylation sites (N-methyl/N-ethyl adjacent to an activating group) is 1. The number of hydrogen-bond acceptors (Lipinski definition) is 10. The lowest BCUT2D eigenvalue weighted by Crippen LogP contribution is -2.43. The lowest BCUT2D eigenvalue weighted by Gasteiger charge is -2.33. The summed E-state index contributed by atoms with van der Waals surface area (Å²) in [4.78, 5) is 71.6. The Kier molecular flexibility index (Phi) is 14.0. The van der Waals surface area contributed by atoms with Gasteiger partial charge in [-0.15, -0.1) is 11.3 Å². The molecule has 1 aliphatic carbocycles. The monoisotopic (exact) mass is 684 g/mol. The number of carbonyl (C=O) groups excluding carboxylic acids is 5. The molecule has 0 bridgehead atoms. The first-order chi connectivity index (χ1) is 22.7. The zero-order valence-electron chi connectivity index (χ0n) is 29.3. The number of hydrogen-bond donors (Lipinski definition) is 1. The molecule has 0 unspecified atom stereocenters. The Morgan fingerprint density at radius 3 is 2.25 bits per heavy atom. The summed E-state index contributed by atoms with van der Waals surface area (Å²) in [5.41, 5.74) is 1.51. The molecule has 0 aliphatic heterocycles. The van der Waals surface area contributed by atoms with Crippen molar-refractivity contribution in [3.8, 4) is 5.75 Å². The fourth-order valence-corrected chi connectivity index (χ4v) is 6.25. The van der Waals surface area contributed by atoms with E-state index in [0.717, 1.165) is 15.2 Å². The third-order valence-electron chi connectivity index (χ3n) is 8.24. The van der Waals surface area contributed by atoms with Crippen LogP contribution in [-0.2, 0) is 28.7 Å². The predicted molar refractivity (Wildman–Crippen MR) is 184 cm³/mol. The number of rotatable bonds is 17. The summed E-state index contributed by atoms with van der Waals surface area (Å²) in [7, 11) is 1.64. The molecule has 12 nitrogen and oxygen atoms in total. The molecule has 0 fully saturated rings. The standard InChI is InChI=1S/C35H48N4O8S/c1-9-36-29(40)12-16-45-18-19-46-17-15-39(34(44)47-26-10-11-27-28(20-26)48-25(5)37-27)14-13-38(8)30(41)21-35(6,7)31-24(4)32(42)22(2)23(3)33(31)43/h10-11,20H,9,12-19,21H2,1-8H3,(H,36,40). The van der Waals surface area contributed by atoms with E-state index in [-0.39, 0.29) is 75.7 Å². The molecule has 0 saturated carbocycles. The van der Waals surface area contributed by atoms with Gasteiger partial charge in [-0.1, -0.05) is 13.8 Å². The number of fused-ring (bicyclic) bond motifs is 1. The molecule has 3 rings (SSSR count). The quantitative estimate of drug-likeness (QED) is 0.186. The molecule has 13 heteroatoms. The van der Waals surface area contributed by atoms with Crippen LogP contribution in [-0.4, -0.2) is 104 Å². The van der Waals surface area contributed by atoms with Gasteiger partial charge in [-0.25, -0.2) is 9.78 Å². The average Bonchev–Trinajstić information content (AvgIpc) is 3.40. The fourth-order valence-electron chi connectivity index (χ4n) is 5.40. The van der Waals surface area contributed by atoms with Crippen LogP contribution in [0, 0.1) is 12.3 Å². The number of benzene rings is 1. The van der Waals surface area contributed by atoms with Gasteiger partial charge in [0.2, 0.25) is 11.8 Å². The van der Waals surface area contributed by atoms with Gasteiger partial charge in [-0.3, -0.25) is 19.2 Å². The molecule has 0 atom stereocenters. The highest BCUT2D eigenvalue weighted by molar-refractivity contribution is 7.18. The van der Waals surface area contributed by atoms with E-state index in [2.05, 4.69) is 10.3 Å². The van der Waals surface area contributed by atoms with Gasteiger partial charge >= 0.3 is 6.09 Å². The predicted octanol–water partition coefficient (Wildman–Crippen LogP) is 4.64. The van der Waals surface area contributed by atoms with Crippen LogP contribution in [0.2, 0.25) is 0 Å². The van der Waals surface area contributed by atoms with Crippen LogP contribution < -0.4 is 10.1 Å². The Morgan fingerprint density at radius 1 is 0.896 bits per heavy atom. The zero-order valence-corrected chi connectivity index (χ0v) is 30.1. The molecule has 0 saturated heterocycles. The Hall–Kier alpha value is -3.94. The van der Waals surface area contributed by atoms with Gasteiger partial charge in [-0.05, 0) is 46.8 Å². The van der Waals surface area contributed by atoms with Crippen molar-refractivity contribution in [2.45, 2.75) is 61.3 Å². The van der Waals surface area contributed by atoms with E-state index in [0.29, 0.717) is 41.2 Å². The number of Topliss-reactive ketones (excluding diaryl/α,β-unsaturated/α-hetero) is 2. The SMILES string of the molecule is CCNC(=O)CCOCCOCCN(CCN(C)C(=O)CC(C)(C)C1=C(C)C(=O)C(C)=C(C)C1=O)C(=O)Oc1ccc2nc(C)sc2c1. The lowest BCUT2D eigenvalue weighted by molar-refractivity contribution is -0.132. The molecule has 2 aromatic rings. The molecular formula is C35H48N4O8S. The summed E-state index contributed by atoms with van der Waals surface area (Å²) in [6.45, 7) is 14.5. The van der Waals surface area contributed by atoms with Crippen molar-refractivity contribution in [2.75, 3.05) is 59.7 Å². The normalized spacial score (nSPS) is 13.8. The van der Waals surface area contributed by atoms with E-state index < -0.39 is 11.5 Å². The fraction of sp³-hybridized carbons (Fsp3) is 0.543. The van der Waals surface area contributed by atoms with E-state index in [4.69, 9.17) is 14.2 Å². The number of aromatic nitrogens is 1. The van der Waals surface area contributed by atoms with Crippen molar-refractivity contribution in [2.24, 2.45) is 5.41 Å². The largest absolute Gasteiger partial charge is 0.415 e. The lowest BCUT2D eigenvalue weighted by atomic mass is 9.71. The third-order valence-corrected chi connectivity index (χ3v) is 9.18. The number of ether oxygens (including phenoxy) is 3. The number of aryl methyl sites for hydroxylation is 1. The molecule has 0 radical (unpaired) electrons. The van der Waals surface area contributed by atoms with Crippen LogP contribution in [0.15, 0.2) is 40.5 Å². The molecular weight excluding hydrogens is 636 g/mol. The summed E-state index contributed by atoms with van der Waals surface area (Å²) in [5.74, 6) is -0.314. The number of nitrogens with one attached hydrogen (secondary N) is 1. The molecule has 48 heavy (non-hydrogen) atoms. The Bertz CT molecular complexity index is 1590. The van der Waals surface area contributed by atoms with Gasteiger partial charge in [0.05, 0.1) is 41.7 Å². The molecule has 1 N–H and O–H groups in total. The number of nitrogens with zero attached hydrogens (tertiary/aromatic N) is 3. The molecule has 1 aliphatic rings. The number of allylic oxidation sites excluding steroid dienone is 4. The first-order valence-corrected chi connectivity index (χ1v) is 17.0. The molecule has 262 valence electrons. The van der Waals surface area contributed by atoms with E-state index in [1.54, 1.807) is 59.9 Å². The second kappa shape index (κ2) is 17.5. The first-order valence-electron chi connectivity index (χ1n) is 16.1. The highest BCUT2D eigenvalue weighted by Gasteiger charge is 2.38. The minimum absolute atomic E-state index is 0.00343. The highest BCUT2D eigenvalue weighted by atomic mass is 32.1. The topological polar surface area (TPSA) is 144 Å². The van der Waals surface area contributed by atoms with Gasteiger partial charge in [-0.2, -0.15) is 0 Å². The van der Waals surface area contributed by atoms with Gasteiger partial charge in [0.15, 0.2) is 11.6 Å². The van der Waals surface area contributed by atoms with Crippen molar-refractivity contribution in [3.63, 3.8) is 0 Å². The zero-order chi connectivity index (χ0) is 35.6. The average molecular weight is 685 g/mol. The van der Waals surface area contributed by atoms with Gasteiger partial charge < -0.3 is 29.3 Å². The summed E-state index contributed by atoms with van der Waals surface area (Å²) < 4.78 is 17.8. The summed E-state index contributed by atoms with van der Waals surface area (Å²) in [5, 5.41) is 3.62. The van der Waals surface area contributed by atoms with Crippen LogP contribution in [0.1, 0.15) is 59.4 Å². The molecule has 1 heterocycles. The van der Waals surface area contributed by atoms with Crippen molar-refractivity contribution < 1.29 is 38.2 Å². The maximum atomic E-state index is 13.4. The minimum Gasteiger partial charge on any atom is -0.410 e. The van der Waals surface area contributed by atoms with Crippen molar-refractivity contribution >= 4 is 51.0 Å². The van der Waals surface area contributed by atoms with Crippen molar-refractivity contribution in [3.05, 3.63) is 45.5 Å².